The molecule has 0 radical (unpaired) electrons. The Morgan fingerprint density at radius 1 is 0.629 bits per heavy atom. The number of allylic oxidation sites excluding steroid dienone is 4. The SMILES string of the molecule is CC(C)(C)[Si](C)(C)[C]1([Ti+3])C=CC(C(c2ccccc2)(c2ccccc2)c2ccccc2)=C1.[Cl-].[Cl-].[Cl-]. The van der Waals surface area contributed by atoms with Crippen LogP contribution in [0, 0.1) is 0 Å². The van der Waals surface area contributed by atoms with E-state index in [0.29, 0.717) is 5.04 Å². The summed E-state index contributed by atoms with van der Waals surface area (Å²) in [7, 11) is -1.68. The van der Waals surface area contributed by atoms with E-state index in [0.717, 1.165) is 0 Å². The van der Waals surface area contributed by atoms with Gasteiger partial charge < -0.3 is 37.2 Å². The predicted octanol–water partition coefficient (Wildman–Crippen LogP) is -0.718. The van der Waals surface area contributed by atoms with Crippen LogP contribution in [-0.4, -0.2) is 8.07 Å². The molecule has 0 saturated heterocycles. The molecule has 1 aliphatic carbocycles. The van der Waals surface area contributed by atoms with Crippen LogP contribution in [0.25, 0.3) is 0 Å². The third-order valence-electron chi connectivity index (χ3n) is 7.87. The first-order valence-electron chi connectivity index (χ1n) is 11.5. The van der Waals surface area contributed by atoms with Gasteiger partial charge in [0.15, 0.2) is 0 Å². The van der Waals surface area contributed by atoms with E-state index in [4.69, 9.17) is 0 Å². The maximum atomic E-state index is 2.61. The summed E-state index contributed by atoms with van der Waals surface area (Å²) in [6, 6.07) is 33.1. The molecule has 0 saturated carbocycles. The van der Waals surface area contributed by atoms with Crippen molar-refractivity contribution in [2.24, 2.45) is 0 Å². The molecule has 3 aromatic rings. The standard InChI is InChI=1S/C30H33Si.3ClH.Ti/c1-29(2,3)31(4,5)28-22-21-27(23-28)30(24-15-9-6-10-16-24,25-17-11-7-12-18-25)26-19-13-8-14-20-26;;;;/h6-23H,1-5H3;3*1H;/q;;;;+3/p-3. The maximum Gasteiger partial charge on any atom is -1.00 e. The molecule has 3 aromatic carbocycles. The maximum absolute atomic E-state index is 2.61. The Balaban J connectivity index is 0.00000204. The van der Waals surface area contributed by atoms with Crippen molar-refractivity contribution >= 4 is 8.07 Å². The number of hydrogen-bond acceptors (Lipinski definition) is 0. The molecule has 35 heavy (non-hydrogen) atoms. The molecule has 0 amide bonds. The summed E-state index contributed by atoms with van der Waals surface area (Å²) in [6.45, 7) is 12.4. The van der Waals surface area contributed by atoms with E-state index < -0.39 is 8.07 Å². The van der Waals surface area contributed by atoms with Gasteiger partial charge in [-0.2, -0.15) is 0 Å². The van der Waals surface area contributed by atoms with Crippen molar-refractivity contribution in [2.75, 3.05) is 0 Å². The minimum atomic E-state index is -1.68. The molecular formula is C30H33Cl3SiTi. The Kier molecular flexibility index (Phi) is 11.0. The normalized spacial score (nSPS) is 17.5. The molecule has 182 valence electrons. The van der Waals surface area contributed by atoms with Gasteiger partial charge in [0.25, 0.3) is 0 Å². The summed E-state index contributed by atoms with van der Waals surface area (Å²) in [6.07, 6.45) is 7.54. The van der Waals surface area contributed by atoms with Gasteiger partial charge in [-0.1, -0.05) is 0 Å². The van der Waals surface area contributed by atoms with E-state index in [2.05, 4.69) is 164 Å². The molecule has 0 fully saturated rings. The molecule has 0 N–H and O–H groups in total. The third-order valence-corrected chi connectivity index (χ3v) is 17.4. The average molecular weight is 576 g/mol. The van der Waals surface area contributed by atoms with Crippen LogP contribution in [0.3, 0.4) is 0 Å². The van der Waals surface area contributed by atoms with Crippen molar-refractivity contribution in [3.05, 3.63) is 131 Å². The van der Waals surface area contributed by atoms with Crippen LogP contribution < -0.4 is 37.2 Å². The van der Waals surface area contributed by atoms with Gasteiger partial charge in [-0.05, 0) is 0 Å². The second-order valence-corrected chi connectivity index (χ2v) is 18.2. The van der Waals surface area contributed by atoms with E-state index in [-0.39, 0.29) is 46.0 Å². The predicted molar refractivity (Wildman–Crippen MR) is 136 cm³/mol. The van der Waals surface area contributed by atoms with E-state index in [1.807, 2.05) is 0 Å². The molecule has 0 aromatic heterocycles. The smallest absolute Gasteiger partial charge is 1.00 e. The first-order chi connectivity index (χ1) is 15.1. The first-order valence-corrected chi connectivity index (χ1v) is 15.3. The molecule has 0 spiro atoms. The Hall–Kier alpha value is -1.06. The number of hydrogen-bond donors (Lipinski definition) is 0. The van der Waals surface area contributed by atoms with Crippen molar-refractivity contribution in [3.63, 3.8) is 0 Å². The number of rotatable bonds is 5. The summed E-state index contributed by atoms with van der Waals surface area (Å²) in [4.78, 5) is 0. The van der Waals surface area contributed by atoms with Gasteiger partial charge in [-0.3, -0.25) is 0 Å². The Morgan fingerprint density at radius 3 is 1.29 bits per heavy atom. The van der Waals surface area contributed by atoms with Crippen molar-refractivity contribution in [1.29, 1.82) is 0 Å². The molecule has 1 unspecified atom stereocenters. The van der Waals surface area contributed by atoms with Crippen LogP contribution in [0.15, 0.2) is 115 Å². The third kappa shape index (κ3) is 5.47. The van der Waals surface area contributed by atoms with E-state index in [1.165, 1.54) is 22.3 Å². The first kappa shape index (κ1) is 32.0. The molecule has 5 heteroatoms. The quantitative estimate of drug-likeness (QED) is 0.279. The minimum Gasteiger partial charge on any atom is -1.00 e. The van der Waals surface area contributed by atoms with Gasteiger partial charge >= 0.3 is 208 Å². The zero-order valence-corrected chi connectivity index (χ0v) is 25.9. The van der Waals surface area contributed by atoms with Crippen LogP contribution in [0.4, 0.5) is 0 Å². The monoisotopic (exact) mass is 574 g/mol. The number of benzene rings is 3. The van der Waals surface area contributed by atoms with E-state index in [9.17, 15) is 0 Å². The molecule has 0 heterocycles. The Bertz CT molecular complexity index is 1040. The average Bonchev–Trinajstić information content (AvgIpc) is 3.20. The van der Waals surface area contributed by atoms with Crippen LogP contribution >= 0.6 is 0 Å². The Morgan fingerprint density at radius 2 is 0.971 bits per heavy atom. The van der Waals surface area contributed by atoms with Crippen molar-refractivity contribution in [3.8, 4) is 0 Å². The second kappa shape index (κ2) is 12.0. The summed E-state index contributed by atoms with van der Waals surface area (Å²) in [5.74, 6) is 0. The summed E-state index contributed by atoms with van der Waals surface area (Å²) in [5.41, 5.74) is 4.97. The van der Waals surface area contributed by atoms with Crippen LogP contribution in [0.5, 0.6) is 0 Å². The van der Waals surface area contributed by atoms with Crippen molar-refractivity contribution < 1.29 is 57.7 Å². The molecule has 0 aliphatic heterocycles. The van der Waals surface area contributed by atoms with Gasteiger partial charge in [0.05, 0.1) is 0 Å². The van der Waals surface area contributed by atoms with Crippen molar-refractivity contribution in [2.45, 2.75) is 47.7 Å². The fourth-order valence-corrected chi connectivity index (χ4v) is 9.26. The summed E-state index contributed by atoms with van der Waals surface area (Å²) in [5, 5.41) is 0.299. The molecule has 0 nitrogen and oxygen atoms in total. The van der Waals surface area contributed by atoms with Gasteiger partial charge in [0.2, 0.25) is 0 Å². The van der Waals surface area contributed by atoms with Crippen LogP contribution in [0.1, 0.15) is 37.5 Å². The fourth-order valence-electron chi connectivity index (χ4n) is 4.87. The fraction of sp³-hybridized carbons (Fsp3) is 0.267. The zero-order chi connectivity index (χ0) is 23.0. The zero-order valence-electron chi connectivity index (χ0n) is 21.0. The van der Waals surface area contributed by atoms with Gasteiger partial charge in [0, 0.05) is 0 Å². The molecule has 0 bridgehead atoms. The molecular weight excluding hydrogens is 543 g/mol. The summed E-state index contributed by atoms with van der Waals surface area (Å²) < 4.78 is 0.0875. The molecule has 1 atom stereocenters. The van der Waals surface area contributed by atoms with Gasteiger partial charge in [0.1, 0.15) is 0 Å². The molecule has 1 aliphatic rings. The van der Waals surface area contributed by atoms with Crippen LogP contribution in [-0.2, 0) is 25.9 Å². The van der Waals surface area contributed by atoms with E-state index >= 15 is 0 Å². The second-order valence-electron chi connectivity index (χ2n) is 10.5. The van der Waals surface area contributed by atoms with Crippen LogP contribution in [0.2, 0.25) is 21.5 Å². The largest absolute Gasteiger partial charge is 1.00 e. The van der Waals surface area contributed by atoms with Gasteiger partial charge in [-0.15, -0.1) is 0 Å². The topological polar surface area (TPSA) is 0 Å². The number of halogens is 3. The van der Waals surface area contributed by atoms with Crippen molar-refractivity contribution in [1.82, 2.24) is 0 Å². The summed E-state index contributed by atoms with van der Waals surface area (Å²) >= 11 is 2.46. The Labute approximate surface area is 243 Å². The minimum absolute atomic E-state index is 0. The van der Waals surface area contributed by atoms with Gasteiger partial charge in [-0.25, -0.2) is 0 Å². The molecule has 4 rings (SSSR count). The van der Waals surface area contributed by atoms with E-state index in [1.54, 1.807) is 0 Å².